The zero-order valence-corrected chi connectivity index (χ0v) is 12.2. The van der Waals surface area contributed by atoms with E-state index >= 15 is 0 Å². The molecule has 0 saturated heterocycles. The van der Waals surface area contributed by atoms with Crippen LogP contribution in [0.15, 0.2) is 35.7 Å². The van der Waals surface area contributed by atoms with E-state index in [-0.39, 0.29) is 5.56 Å². The summed E-state index contributed by atoms with van der Waals surface area (Å²) in [5.41, 5.74) is 1.19. The van der Waals surface area contributed by atoms with Gasteiger partial charge in [-0.2, -0.15) is 0 Å². The molecule has 1 aromatic heterocycles. The largest absolute Gasteiger partial charge is 0.479 e. The van der Waals surface area contributed by atoms with Gasteiger partial charge in [-0.15, -0.1) is 11.3 Å². The van der Waals surface area contributed by atoms with E-state index in [0.29, 0.717) is 9.90 Å². The number of nitrogens with one attached hydrogen (secondary N) is 1. The molecule has 4 nitrogen and oxygen atoms in total. The molecule has 1 aromatic carbocycles. The third-order valence-electron chi connectivity index (χ3n) is 2.72. The van der Waals surface area contributed by atoms with Gasteiger partial charge in [0.1, 0.15) is 0 Å². The van der Waals surface area contributed by atoms with E-state index in [9.17, 15) is 14.7 Å². The maximum absolute atomic E-state index is 12.1. The summed E-state index contributed by atoms with van der Waals surface area (Å²) < 4.78 is 0. The van der Waals surface area contributed by atoms with Crippen molar-refractivity contribution in [3.63, 3.8) is 0 Å². The van der Waals surface area contributed by atoms with Crippen LogP contribution in [0.2, 0.25) is 5.02 Å². The quantitative estimate of drug-likeness (QED) is 0.911. The Morgan fingerprint density at radius 3 is 2.65 bits per heavy atom. The van der Waals surface area contributed by atoms with Crippen molar-refractivity contribution in [1.82, 2.24) is 5.32 Å². The summed E-state index contributed by atoms with van der Waals surface area (Å²) in [6.07, 6.45) is 0. The van der Waals surface area contributed by atoms with Gasteiger partial charge in [0.2, 0.25) is 0 Å². The van der Waals surface area contributed by atoms with E-state index in [4.69, 9.17) is 11.6 Å². The Balaban J connectivity index is 2.23. The predicted molar refractivity (Wildman–Crippen MR) is 78.4 cm³/mol. The monoisotopic (exact) mass is 309 g/mol. The average molecular weight is 310 g/mol. The molecule has 0 spiro atoms. The molecule has 6 heteroatoms. The van der Waals surface area contributed by atoms with Gasteiger partial charge >= 0.3 is 5.97 Å². The number of hydrogen-bond acceptors (Lipinski definition) is 3. The number of thiophene rings is 1. The Labute approximate surface area is 125 Å². The molecule has 2 N–H and O–H groups in total. The Morgan fingerprint density at radius 2 is 2.10 bits per heavy atom. The Morgan fingerprint density at radius 1 is 1.35 bits per heavy atom. The van der Waals surface area contributed by atoms with Crippen LogP contribution in [0.25, 0.3) is 0 Å². The fraction of sp³-hybridized carbons (Fsp3) is 0.143. The minimum Gasteiger partial charge on any atom is -0.479 e. The number of carbonyl (C=O) groups is 2. The first-order valence-corrected chi connectivity index (χ1v) is 7.08. The summed E-state index contributed by atoms with van der Waals surface area (Å²) in [7, 11) is 0. The molecule has 1 atom stereocenters. The molecule has 1 amide bonds. The van der Waals surface area contributed by atoms with E-state index in [1.807, 2.05) is 6.92 Å². The molecule has 0 fully saturated rings. The molecule has 20 heavy (non-hydrogen) atoms. The molecule has 0 aliphatic heterocycles. The lowest BCUT2D eigenvalue weighted by Gasteiger charge is -2.13. The first-order valence-electron chi connectivity index (χ1n) is 5.82. The number of carboxylic acids is 1. The molecule has 2 rings (SSSR count). The molecular weight excluding hydrogens is 298 g/mol. The lowest BCUT2D eigenvalue weighted by Crippen LogP contribution is -2.33. The van der Waals surface area contributed by atoms with Crippen molar-refractivity contribution < 1.29 is 14.7 Å². The van der Waals surface area contributed by atoms with Crippen LogP contribution in [0.1, 0.15) is 26.8 Å². The number of benzene rings is 1. The number of rotatable bonds is 4. The van der Waals surface area contributed by atoms with E-state index < -0.39 is 17.9 Å². The van der Waals surface area contributed by atoms with Crippen molar-refractivity contribution >= 4 is 34.8 Å². The summed E-state index contributed by atoms with van der Waals surface area (Å²) in [6.45, 7) is 1.86. The number of aliphatic carboxylic acids is 1. The summed E-state index contributed by atoms with van der Waals surface area (Å²) >= 11 is 7.28. The molecule has 2 aromatic rings. The first-order chi connectivity index (χ1) is 9.49. The Kier molecular flexibility index (Phi) is 4.42. The highest BCUT2D eigenvalue weighted by molar-refractivity contribution is 7.10. The van der Waals surface area contributed by atoms with Crippen LogP contribution < -0.4 is 5.32 Å². The van der Waals surface area contributed by atoms with Crippen LogP contribution in [-0.2, 0) is 4.79 Å². The van der Waals surface area contributed by atoms with Gasteiger partial charge in [-0.3, -0.25) is 4.79 Å². The van der Waals surface area contributed by atoms with Crippen LogP contribution in [0.3, 0.4) is 0 Å². The summed E-state index contributed by atoms with van der Waals surface area (Å²) in [5, 5.41) is 13.8. The molecule has 1 heterocycles. The van der Waals surface area contributed by atoms with Crippen LogP contribution in [0.4, 0.5) is 0 Å². The maximum atomic E-state index is 12.1. The van der Waals surface area contributed by atoms with Crippen molar-refractivity contribution in [3.8, 4) is 0 Å². The van der Waals surface area contributed by atoms with Gasteiger partial charge in [0.15, 0.2) is 6.04 Å². The second-order valence-corrected chi connectivity index (χ2v) is 5.63. The predicted octanol–water partition coefficient (Wildman–Crippen LogP) is 3.27. The van der Waals surface area contributed by atoms with E-state index in [0.717, 1.165) is 5.56 Å². The second-order valence-electron chi connectivity index (χ2n) is 4.24. The number of amides is 1. The molecule has 0 saturated carbocycles. The number of halogens is 1. The highest BCUT2D eigenvalue weighted by atomic mass is 35.5. The SMILES string of the molecule is Cc1ccc(C(=O)NC(C(=O)O)c2cccs2)c(Cl)c1. The van der Waals surface area contributed by atoms with Crippen LogP contribution in [-0.4, -0.2) is 17.0 Å². The highest BCUT2D eigenvalue weighted by Crippen LogP contribution is 2.22. The van der Waals surface area contributed by atoms with Crippen molar-refractivity contribution in [1.29, 1.82) is 0 Å². The molecule has 0 radical (unpaired) electrons. The van der Waals surface area contributed by atoms with Gasteiger partial charge < -0.3 is 10.4 Å². The second kappa shape index (κ2) is 6.07. The van der Waals surface area contributed by atoms with Gasteiger partial charge in [-0.05, 0) is 36.1 Å². The van der Waals surface area contributed by atoms with Gasteiger partial charge in [-0.25, -0.2) is 4.79 Å². The van der Waals surface area contributed by atoms with E-state index in [1.165, 1.54) is 11.3 Å². The number of aryl methyl sites for hydroxylation is 1. The smallest absolute Gasteiger partial charge is 0.331 e. The van der Waals surface area contributed by atoms with Crippen molar-refractivity contribution in [3.05, 3.63) is 56.7 Å². The average Bonchev–Trinajstić information content (AvgIpc) is 2.88. The van der Waals surface area contributed by atoms with Crippen molar-refractivity contribution in [2.24, 2.45) is 0 Å². The van der Waals surface area contributed by atoms with Gasteiger partial charge in [0, 0.05) is 4.88 Å². The van der Waals surface area contributed by atoms with Gasteiger partial charge in [0.05, 0.1) is 10.6 Å². The fourth-order valence-corrected chi connectivity index (χ4v) is 2.81. The lowest BCUT2D eigenvalue weighted by atomic mass is 10.1. The molecule has 0 aliphatic carbocycles. The topological polar surface area (TPSA) is 66.4 Å². The summed E-state index contributed by atoms with van der Waals surface area (Å²) in [4.78, 5) is 24.0. The molecule has 1 unspecified atom stereocenters. The van der Waals surface area contributed by atoms with Crippen molar-refractivity contribution in [2.45, 2.75) is 13.0 Å². The molecule has 0 aliphatic rings. The zero-order chi connectivity index (χ0) is 14.7. The van der Waals surface area contributed by atoms with Crippen LogP contribution in [0, 0.1) is 6.92 Å². The Hall–Kier alpha value is -1.85. The highest BCUT2D eigenvalue weighted by Gasteiger charge is 2.24. The minimum atomic E-state index is -1.11. The zero-order valence-electron chi connectivity index (χ0n) is 10.6. The summed E-state index contributed by atoms with van der Waals surface area (Å²) in [5.74, 6) is -1.61. The van der Waals surface area contributed by atoms with Gasteiger partial charge in [0.25, 0.3) is 5.91 Å². The van der Waals surface area contributed by atoms with E-state index in [1.54, 1.807) is 35.7 Å². The fourth-order valence-electron chi connectivity index (χ4n) is 1.72. The standard InChI is InChI=1S/C14H12ClNO3S/c1-8-4-5-9(10(15)7-8)13(17)16-12(14(18)19)11-3-2-6-20-11/h2-7,12H,1H3,(H,16,17)(H,18,19). The third-order valence-corrected chi connectivity index (χ3v) is 3.97. The number of carbonyl (C=O) groups excluding carboxylic acids is 1. The lowest BCUT2D eigenvalue weighted by molar-refractivity contribution is -0.139. The minimum absolute atomic E-state index is 0.264. The maximum Gasteiger partial charge on any atom is 0.331 e. The number of carboxylic acid groups (broad SMARTS) is 1. The number of hydrogen-bond donors (Lipinski definition) is 2. The van der Waals surface area contributed by atoms with Crippen LogP contribution >= 0.6 is 22.9 Å². The molecule has 0 bridgehead atoms. The Bertz CT molecular complexity index is 640. The normalized spacial score (nSPS) is 11.9. The molecule has 104 valence electrons. The summed E-state index contributed by atoms with van der Waals surface area (Å²) in [6, 6.07) is 7.33. The third kappa shape index (κ3) is 3.18. The van der Waals surface area contributed by atoms with Crippen LogP contribution in [0.5, 0.6) is 0 Å². The molecular formula is C14H12ClNO3S. The first kappa shape index (κ1) is 14.6. The van der Waals surface area contributed by atoms with Gasteiger partial charge in [-0.1, -0.05) is 23.7 Å². The van der Waals surface area contributed by atoms with Crippen molar-refractivity contribution in [2.75, 3.05) is 0 Å². The van der Waals surface area contributed by atoms with E-state index in [2.05, 4.69) is 5.32 Å².